The number of hydrogen-bond acceptors (Lipinski definition) is 7. The number of pyridine rings is 1. The average Bonchev–Trinajstić information content (AvgIpc) is 3.46. The maximum Gasteiger partial charge on any atom is 0.291 e. The number of nitrogens with one attached hydrogen (secondary N) is 1. The molecule has 0 aromatic carbocycles. The van der Waals surface area contributed by atoms with E-state index in [1.165, 1.54) is 30.4 Å². The van der Waals surface area contributed by atoms with Gasteiger partial charge in [-0.2, -0.15) is 5.10 Å². The van der Waals surface area contributed by atoms with Crippen LogP contribution in [0.25, 0.3) is 21.3 Å². The Morgan fingerprint density at radius 3 is 2.84 bits per heavy atom. The number of anilines is 1. The summed E-state index contributed by atoms with van der Waals surface area (Å²) in [5.41, 5.74) is 0.745. The summed E-state index contributed by atoms with van der Waals surface area (Å²) in [6, 6.07) is 2.55. The highest BCUT2D eigenvalue weighted by molar-refractivity contribution is 7.19. The van der Waals surface area contributed by atoms with Crippen LogP contribution in [-0.4, -0.2) is 39.8 Å². The van der Waals surface area contributed by atoms with Crippen LogP contribution in [0.4, 0.5) is 10.2 Å². The fraction of sp³-hybridized carbons (Fsp3) is 0.200. The van der Waals surface area contributed by atoms with E-state index in [1.54, 1.807) is 30.3 Å². The molecule has 0 atom stereocenters. The summed E-state index contributed by atoms with van der Waals surface area (Å²) in [7, 11) is 1.77. The lowest BCUT2D eigenvalue weighted by Crippen LogP contribution is -2.25. The number of thiazole rings is 1. The molecule has 0 saturated heterocycles. The van der Waals surface area contributed by atoms with Crippen LogP contribution < -0.4 is 10.9 Å². The van der Waals surface area contributed by atoms with Gasteiger partial charge in [0.2, 0.25) is 5.91 Å². The molecule has 0 saturated carbocycles. The molecular weight excluding hydrogens is 435 g/mol. The number of halogens is 1. The van der Waals surface area contributed by atoms with Crippen LogP contribution in [0, 0.1) is 5.82 Å². The first-order chi connectivity index (χ1) is 15.4. The van der Waals surface area contributed by atoms with Gasteiger partial charge in [-0.05, 0) is 12.1 Å². The van der Waals surface area contributed by atoms with Gasteiger partial charge in [0, 0.05) is 31.8 Å². The molecule has 5 aromatic rings. The molecule has 12 heteroatoms. The first kappa shape index (κ1) is 20.0. The van der Waals surface area contributed by atoms with E-state index in [-0.39, 0.29) is 29.5 Å². The molecule has 0 radical (unpaired) electrons. The van der Waals surface area contributed by atoms with Crippen LogP contribution in [0.1, 0.15) is 17.6 Å². The molecule has 162 valence electrons. The van der Waals surface area contributed by atoms with Gasteiger partial charge in [-0.25, -0.2) is 24.0 Å². The number of rotatable bonds is 5. The number of hydrogen-bond donors (Lipinski definition) is 1. The highest BCUT2D eigenvalue weighted by Gasteiger charge is 2.19. The van der Waals surface area contributed by atoms with Crippen molar-refractivity contribution in [2.75, 3.05) is 5.32 Å². The molecule has 0 bridgehead atoms. The van der Waals surface area contributed by atoms with Gasteiger partial charge >= 0.3 is 0 Å². The van der Waals surface area contributed by atoms with Gasteiger partial charge in [0.15, 0.2) is 5.65 Å². The molecule has 0 aliphatic rings. The third kappa shape index (κ3) is 3.43. The Morgan fingerprint density at radius 1 is 1.25 bits per heavy atom. The molecule has 0 aliphatic carbocycles. The Hall–Kier alpha value is -3.93. The van der Waals surface area contributed by atoms with Crippen LogP contribution in [0.5, 0.6) is 0 Å². The number of imidazole rings is 1. The smallest absolute Gasteiger partial charge is 0.291 e. The van der Waals surface area contributed by atoms with E-state index in [0.29, 0.717) is 23.1 Å². The van der Waals surface area contributed by atoms with E-state index in [2.05, 4.69) is 25.4 Å². The number of amides is 1. The van der Waals surface area contributed by atoms with Gasteiger partial charge < -0.3 is 14.5 Å². The lowest BCUT2D eigenvalue weighted by atomic mass is 10.3. The largest absolute Gasteiger partial charge is 0.331 e. The fourth-order valence-corrected chi connectivity index (χ4v) is 4.65. The summed E-state index contributed by atoms with van der Waals surface area (Å²) < 4.78 is 20.0. The normalized spacial score (nSPS) is 11.5. The van der Waals surface area contributed by atoms with Crippen LogP contribution in [-0.2, 0) is 24.9 Å². The third-order valence-electron chi connectivity index (χ3n) is 4.97. The number of aromatic nitrogens is 7. The number of aryl methyl sites for hydroxylation is 1. The van der Waals surface area contributed by atoms with Crippen molar-refractivity contribution in [3.05, 3.63) is 63.9 Å². The van der Waals surface area contributed by atoms with E-state index in [9.17, 15) is 14.0 Å². The lowest BCUT2D eigenvalue weighted by Gasteiger charge is -2.08. The standard InChI is InChI=1S/C20H17FN8O2S/c1-11(30)24-15-4-3-13(21)14(25-15)8-29-20(31)17-12(7-23-29)18-19(27(17)2)26-16(32-18)9-28-6-5-22-10-28/h3-7,10H,8-9H2,1-2H3,(H,24,25,30). The Kier molecular flexibility index (Phi) is 4.78. The van der Waals surface area contributed by atoms with Crippen LogP contribution in [0.2, 0.25) is 0 Å². The van der Waals surface area contributed by atoms with E-state index in [0.717, 1.165) is 14.4 Å². The molecule has 5 heterocycles. The minimum atomic E-state index is -0.591. The second kappa shape index (κ2) is 7.64. The maximum absolute atomic E-state index is 14.3. The monoisotopic (exact) mass is 452 g/mol. The second-order valence-corrected chi connectivity index (χ2v) is 8.31. The zero-order valence-corrected chi connectivity index (χ0v) is 17.9. The minimum absolute atomic E-state index is 0.00182. The molecule has 0 fully saturated rings. The van der Waals surface area contributed by atoms with Crippen LogP contribution in [0.15, 0.2) is 41.8 Å². The fourth-order valence-electron chi connectivity index (χ4n) is 3.54. The molecule has 0 unspecified atom stereocenters. The van der Waals surface area contributed by atoms with Crippen molar-refractivity contribution >= 4 is 44.3 Å². The summed E-state index contributed by atoms with van der Waals surface area (Å²) in [6.45, 7) is 1.74. The molecule has 0 spiro atoms. The number of carbonyl (C=O) groups is 1. The van der Waals surface area contributed by atoms with Crippen molar-refractivity contribution < 1.29 is 9.18 Å². The number of fused-ring (bicyclic) bond motifs is 3. The van der Waals surface area contributed by atoms with Crippen LogP contribution in [0.3, 0.4) is 0 Å². The van der Waals surface area contributed by atoms with Crippen molar-refractivity contribution in [2.24, 2.45) is 7.05 Å². The summed E-state index contributed by atoms with van der Waals surface area (Å²) in [5.74, 6) is -0.709. The molecule has 5 rings (SSSR count). The van der Waals surface area contributed by atoms with Gasteiger partial charge in [0.05, 0.1) is 30.3 Å². The number of nitrogens with zero attached hydrogens (tertiary/aromatic N) is 7. The predicted molar refractivity (Wildman–Crippen MR) is 117 cm³/mol. The Bertz CT molecular complexity index is 1530. The Morgan fingerprint density at radius 2 is 2.09 bits per heavy atom. The first-order valence-electron chi connectivity index (χ1n) is 9.63. The van der Waals surface area contributed by atoms with Crippen molar-refractivity contribution in [2.45, 2.75) is 20.0 Å². The maximum atomic E-state index is 14.3. The minimum Gasteiger partial charge on any atom is -0.331 e. The van der Waals surface area contributed by atoms with Crippen molar-refractivity contribution in [1.82, 2.24) is 33.9 Å². The Balaban J connectivity index is 1.54. The van der Waals surface area contributed by atoms with Crippen LogP contribution >= 0.6 is 11.3 Å². The summed E-state index contributed by atoms with van der Waals surface area (Å²) in [5, 5.41) is 8.33. The van der Waals surface area contributed by atoms with Gasteiger partial charge in [-0.3, -0.25) is 9.59 Å². The molecule has 1 N–H and O–H groups in total. The van der Waals surface area contributed by atoms with Crippen molar-refractivity contribution in [3.8, 4) is 0 Å². The predicted octanol–water partition coefficient (Wildman–Crippen LogP) is 2.13. The van der Waals surface area contributed by atoms with Crippen molar-refractivity contribution in [3.63, 3.8) is 0 Å². The highest BCUT2D eigenvalue weighted by atomic mass is 32.1. The highest BCUT2D eigenvalue weighted by Crippen LogP contribution is 2.31. The van der Waals surface area contributed by atoms with Gasteiger partial charge in [0.25, 0.3) is 5.56 Å². The van der Waals surface area contributed by atoms with Gasteiger partial charge in [-0.1, -0.05) is 0 Å². The zero-order valence-electron chi connectivity index (χ0n) is 17.1. The zero-order chi connectivity index (χ0) is 22.4. The summed E-state index contributed by atoms with van der Waals surface area (Å²) in [6.07, 6.45) is 6.88. The first-order valence-corrected chi connectivity index (χ1v) is 10.4. The molecule has 10 nitrogen and oxygen atoms in total. The Labute approximate surface area is 184 Å². The van der Waals surface area contributed by atoms with Gasteiger partial charge in [-0.15, -0.1) is 11.3 Å². The SMILES string of the molecule is CC(=O)Nc1ccc(F)c(Cn2ncc3c4sc(Cn5ccnc5)nc4n(C)c3c2=O)n1. The third-order valence-corrected chi connectivity index (χ3v) is 6.03. The van der Waals surface area contributed by atoms with E-state index in [1.807, 2.05) is 10.8 Å². The van der Waals surface area contributed by atoms with Gasteiger partial charge in [0.1, 0.15) is 27.9 Å². The van der Waals surface area contributed by atoms with E-state index in [4.69, 9.17) is 0 Å². The molecule has 32 heavy (non-hydrogen) atoms. The molecule has 0 aliphatic heterocycles. The molecule has 1 amide bonds. The van der Waals surface area contributed by atoms with Crippen molar-refractivity contribution in [1.29, 1.82) is 0 Å². The topological polar surface area (TPSA) is 113 Å². The van der Waals surface area contributed by atoms with E-state index < -0.39 is 5.82 Å². The second-order valence-electron chi connectivity index (χ2n) is 7.23. The average molecular weight is 452 g/mol. The summed E-state index contributed by atoms with van der Waals surface area (Å²) in [4.78, 5) is 37.2. The molecule has 5 aromatic heterocycles. The number of carbonyl (C=O) groups excluding carboxylic acids is 1. The molecular formula is C20H17FN8O2S. The quantitative estimate of drug-likeness (QED) is 0.437. The summed E-state index contributed by atoms with van der Waals surface area (Å²) >= 11 is 1.49. The lowest BCUT2D eigenvalue weighted by molar-refractivity contribution is -0.114. The van der Waals surface area contributed by atoms with E-state index >= 15 is 0 Å².